The van der Waals surface area contributed by atoms with Crippen LogP contribution in [-0.4, -0.2) is 12.6 Å². The molecule has 4 nitrogen and oxygen atoms in total. The lowest BCUT2D eigenvalue weighted by Crippen LogP contribution is -2.36. The van der Waals surface area contributed by atoms with Crippen molar-refractivity contribution in [3.8, 4) is 0 Å². The van der Waals surface area contributed by atoms with Gasteiger partial charge in [0.15, 0.2) is 0 Å². The Bertz CT molecular complexity index is 526. The second kappa shape index (κ2) is 6.99. The molecule has 100 valence electrons. The molecule has 2 rings (SSSR count). The molecule has 0 aliphatic heterocycles. The maximum atomic E-state index is 11.5. The molecule has 19 heavy (non-hydrogen) atoms. The van der Waals surface area contributed by atoms with E-state index in [-0.39, 0.29) is 6.03 Å². The van der Waals surface area contributed by atoms with Crippen molar-refractivity contribution < 1.29 is 9.21 Å². The molecule has 0 fully saturated rings. The van der Waals surface area contributed by atoms with Gasteiger partial charge in [-0.25, -0.2) is 4.79 Å². The van der Waals surface area contributed by atoms with Gasteiger partial charge in [-0.1, -0.05) is 28.1 Å². The van der Waals surface area contributed by atoms with Crippen LogP contribution in [0.2, 0.25) is 0 Å². The third kappa shape index (κ3) is 4.79. The zero-order valence-corrected chi connectivity index (χ0v) is 11.9. The Morgan fingerprint density at radius 2 is 2.11 bits per heavy atom. The number of urea groups is 1. The molecule has 0 bridgehead atoms. The lowest BCUT2D eigenvalue weighted by molar-refractivity contribution is 0.239. The molecule has 1 aromatic heterocycles. The predicted molar refractivity (Wildman–Crippen MR) is 76.8 cm³/mol. The van der Waals surface area contributed by atoms with Crippen molar-refractivity contribution in [2.75, 3.05) is 6.54 Å². The minimum absolute atomic E-state index is 0.189. The molecule has 0 atom stereocenters. The van der Waals surface area contributed by atoms with E-state index in [0.717, 1.165) is 16.7 Å². The third-order valence-electron chi connectivity index (χ3n) is 2.59. The van der Waals surface area contributed by atoms with Gasteiger partial charge in [-0.2, -0.15) is 0 Å². The van der Waals surface area contributed by atoms with E-state index in [1.807, 2.05) is 30.3 Å². The van der Waals surface area contributed by atoms with Crippen molar-refractivity contribution in [2.45, 2.75) is 13.0 Å². The first kappa shape index (κ1) is 13.7. The molecular weight excluding hydrogens is 308 g/mol. The van der Waals surface area contributed by atoms with Crippen molar-refractivity contribution in [1.82, 2.24) is 10.6 Å². The number of rotatable bonds is 5. The number of hydrogen-bond donors (Lipinski definition) is 2. The van der Waals surface area contributed by atoms with Gasteiger partial charge in [0.1, 0.15) is 5.76 Å². The summed E-state index contributed by atoms with van der Waals surface area (Å²) in [6.07, 6.45) is 2.38. The first-order valence-corrected chi connectivity index (χ1v) is 6.82. The highest BCUT2D eigenvalue weighted by Gasteiger charge is 2.01. The number of nitrogens with one attached hydrogen (secondary N) is 2. The summed E-state index contributed by atoms with van der Waals surface area (Å²) in [6.45, 7) is 0.996. The van der Waals surface area contributed by atoms with Gasteiger partial charge < -0.3 is 15.1 Å². The van der Waals surface area contributed by atoms with Crippen LogP contribution in [0.4, 0.5) is 4.79 Å². The molecule has 0 unspecified atom stereocenters. The molecule has 0 saturated carbocycles. The Morgan fingerprint density at radius 3 is 2.84 bits per heavy atom. The first-order chi connectivity index (χ1) is 9.24. The Labute approximate surface area is 120 Å². The number of carbonyl (C=O) groups is 1. The summed E-state index contributed by atoms with van der Waals surface area (Å²) in [4.78, 5) is 11.5. The highest BCUT2D eigenvalue weighted by atomic mass is 79.9. The molecule has 0 radical (unpaired) electrons. The van der Waals surface area contributed by atoms with Crippen LogP contribution >= 0.6 is 15.9 Å². The van der Waals surface area contributed by atoms with Gasteiger partial charge in [-0.05, 0) is 36.2 Å². The zero-order chi connectivity index (χ0) is 13.5. The summed E-state index contributed by atoms with van der Waals surface area (Å²) in [6, 6.07) is 11.5. The molecule has 5 heteroatoms. The van der Waals surface area contributed by atoms with E-state index < -0.39 is 0 Å². The average molecular weight is 323 g/mol. The molecule has 0 spiro atoms. The number of halogens is 1. The summed E-state index contributed by atoms with van der Waals surface area (Å²) >= 11 is 3.42. The third-order valence-corrected chi connectivity index (χ3v) is 3.08. The summed E-state index contributed by atoms with van der Waals surface area (Å²) in [5.41, 5.74) is 1.18. The minimum Gasteiger partial charge on any atom is -0.467 e. The van der Waals surface area contributed by atoms with E-state index in [1.54, 1.807) is 12.3 Å². The number of furan rings is 1. The van der Waals surface area contributed by atoms with Crippen LogP contribution in [0.1, 0.15) is 11.3 Å². The van der Waals surface area contributed by atoms with Crippen molar-refractivity contribution in [3.05, 3.63) is 58.5 Å². The highest BCUT2D eigenvalue weighted by Crippen LogP contribution is 2.11. The van der Waals surface area contributed by atoms with E-state index in [9.17, 15) is 4.79 Å². The molecule has 0 aliphatic carbocycles. The monoisotopic (exact) mass is 322 g/mol. The van der Waals surface area contributed by atoms with E-state index >= 15 is 0 Å². The van der Waals surface area contributed by atoms with Gasteiger partial charge in [0.2, 0.25) is 0 Å². The smallest absolute Gasteiger partial charge is 0.315 e. The Kier molecular flexibility index (Phi) is 5.03. The number of hydrogen-bond acceptors (Lipinski definition) is 2. The van der Waals surface area contributed by atoms with Crippen LogP contribution < -0.4 is 10.6 Å². The largest absolute Gasteiger partial charge is 0.467 e. The lowest BCUT2D eigenvalue weighted by Gasteiger charge is -2.06. The van der Waals surface area contributed by atoms with E-state index in [2.05, 4.69) is 26.6 Å². The topological polar surface area (TPSA) is 54.3 Å². The highest BCUT2D eigenvalue weighted by molar-refractivity contribution is 9.10. The van der Waals surface area contributed by atoms with Crippen molar-refractivity contribution in [1.29, 1.82) is 0 Å². The van der Waals surface area contributed by atoms with Gasteiger partial charge in [0.05, 0.1) is 12.8 Å². The van der Waals surface area contributed by atoms with Crippen LogP contribution in [0.5, 0.6) is 0 Å². The number of amides is 2. The van der Waals surface area contributed by atoms with Crippen LogP contribution in [-0.2, 0) is 13.0 Å². The molecule has 0 saturated heterocycles. The quantitative estimate of drug-likeness (QED) is 0.888. The Morgan fingerprint density at radius 1 is 1.21 bits per heavy atom. The van der Waals surface area contributed by atoms with Gasteiger partial charge in [0, 0.05) is 11.0 Å². The second-order valence-corrected chi connectivity index (χ2v) is 4.98. The SMILES string of the molecule is O=C(NCCc1cccc(Br)c1)NCc1ccco1. The van der Waals surface area contributed by atoms with Gasteiger partial charge in [0.25, 0.3) is 0 Å². The normalized spacial score (nSPS) is 10.2. The van der Waals surface area contributed by atoms with Gasteiger partial charge in [-0.15, -0.1) is 0 Å². The summed E-state index contributed by atoms with van der Waals surface area (Å²) in [5.74, 6) is 0.738. The predicted octanol–water partition coefficient (Wildman–Crippen LogP) is 3.08. The average Bonchev–Trinajstić information content (AvgIpc) is 2.89. The molecule has 0 aliphatic rings. The fourth-order valence-electron chi connectivity index (χ4n) is 1.66. The first-order valence-electron chi connectivity index (χ1n) is 6.02. The number of benzene rings is 1. The zero-order valence-electron chi connectivity index (χ0n) is 10.4. The van der Waals surface area contributed by atoms with Crippen LogP contribution in [0.15, 0.2) is 51.6 Å². The van der Waals surface area contributed by atoms with E-state index in [0.29, 0.717) is 13.1 Å². The summed E-state index contributed by atoms with van der Waals surface area (Å²) in [7, 11) is 0. The fraction of sp³-hybridized carbons (Fsp3) is 0.214. The van der Waals surface area contributed by atoms with Crippen molar-refractivity contribution >= 4 is 22.0 Å². The van der Waals surface area contributed by atoms with Crippen LogP contribution in [0.25, 0.3) is 0 Å². The Balaban J connectivity index is 1.66. The molecule has 1 aromatic carbocycles. The molecule has 2 N–H and O–H groups in total. The molecule has 1 heterocycles. The molecular formula is C14H15BrN2O2. The maximum Gasteiger partial charge on any atom is 0.315 e. The van der Waals surface area contributed by atoms with Crippen molar-refractivity contribution in [2.24, 2.45) is 0 Å². The van der Waals surface area contributed by atoms with Crippen LogP contribution in [0.3, 0.4) is 0 Å². The fourth-order valence-corrected chi connectivity index (χ4v) is 2.10. The standard InChI is InChI=1S/C14H15BrN2O2/c15-12-4-1-3-11(9-12)6-7-16-14(18)17-10-13-5-2-8-19-13/h1-5,8-9H,6-7,10H2,(H2,16,17,18). The maximum absolute atomic E-state index is 11.5. The number of carbonyl (C=O) groups excluding carboxylic acids is 1. The molecule has 2 amide bonds. The van der Waals surface area contributed by atoms with Crippen LogP contribution in [0, 0.1) is 0 Å². The van der Waals surface area contributed by atoms with E-state index in [4.69, 9.17) is 4.42 Å². The van der Waals surface area contributed by atoms with Gasteiger partial charge >= 0.3 is 6.03 Å². The Hall–Kier alpha value is -1.75. The minimum atomic E-state index is -0.189. The molecule has 2 aromatic rings. The summed E-state index contributed by atoms with van der Waals surface area (Å²) < 4.78 is 6.17. The summed E-state index contributed by atoms with van der Waals surface area (Å²) in [5, 5.41) is 5.54. The lowest BCUT2D eigenvalue weighted by atomic mass is 10.1. The second-order valence-electron chi connectivity index (χ2n) is 4.07. The van der Waals surface area contributed by atoms with Crippen molar-refractivity contribution in [3.63, 3.8) is 0 Å². The van der Waals surface area contributed by atoms with Gasteiger partial charge in [-0.3, -0.25) is 0 Å². The van der Waals surface area contributed by atoms with E-state index in [1.165, 1.54) is 5.56 Å².